The molecule has 0 spiro atoms. The highest BCUT2D eigenvalue weighted by molar-refractivity contribution is 7.98. The standard InChI is InChI=1S/C9H18N2O4S/c1-6(5-16-3)11(2)9(15)10-7(4-12)8(13)14/h6-7,12H,4-5H2,1-3H3,(H,10,15)(H,13,14). The van der Waals surface area contributed by atoms with Crippen LogP contribution in [0.4, 0.5) is 4.79 Å². The number of nitrogens with zero attached hydrogens (tertiary/aromatic N) is 1. The lowest BCUT2D eigenvalue weighted by molar-refractivity contribution is -0.140. The summed E-state index contributed by atoms with van der Waals surface area (Å²) in [5.41, 5.74) is 0. The third-order valence-electron chi connectivity index (χ3n) is 2.17. The Labute approximate surface area is 99.0 Å². The van der Waals surface area contributed by atoms with Gasteiger partial charge in [-0.3, -0.25) is 0 Å². The molecule has 0 radical (unpaired) electrons. The number of nitrogens with one attached hydrogen (secondary N) is 1. The van der Waals surface area contributed by atoms with Crippen molar-refractivity contribution in [2.75, 3.05) is 25.7 Å². The van der Waals surface area contributed by atoms with E-state index in [1.165, 1.54) is 4.90 Å². The van der Waals surface area contributed by atoms with Crippen LogP contribution in [0.5, 0.6) is 0 Å². The van der Waals surface area contributed by atoms with Crippen LogP contribution in [-0.4, -0.2) is 64.9 Å². The fourth-order valence-electron chi connectivity index (χ4n) is 0.990. The molecule has 0 aliphatic heterocycles. The van der Waals surface area contributed by atoms with Crippen LogP contribution in [0.15, 0.2) is 0 Å². The maximum atomic E-state index is 11.6. The van der Waals surface area contributed by atoms with Crippen molar-refractivity contribution in [3.05, 3.63) is 0 Å². The maximum Gasteiger partial charge on any atom is 0.328 e. The van der Waals surface area contributed by atoms with Gasteiger partial charge in [0, 0.05) is 18.8 Å². The zero-order valence-electron chi connectivity index (χ0n) is 9.64. The fraction of sp³-hybridized carbons (Fsp3) is 0.778. The van der Waals surface area contributed by atoms with Crippen molar-refractivity contribution in [2.45, 2.75) is 19.0 Å². The van der Waals surface area contributed by atoms with Gasteiger partial charge in [0.25, 0.3) is 0 Å². The minimum atomic E-state index is -1.25. The monoisotopic (exact) mass is 250 g/mol. The smallest absolute Gasteiger partial charge is 0.328 e. The Balaban J connectivity index is 4.28. The number of urea groups is 1. The van der Waals surface area contributed by atoms with E-state index in [4.69, 9.17) is 10.2 Å². The lowest BCUT2D eigenvalue weighted by atomic mass is 10.3. The molecule has 0 rings (SSSR count). The third-order valence-corrected chi connectivity index (χ3v) is 2.98. The number of hydrogen-bond acceptors (Lipinski definition) is 4. The second kappa shape index (κ2) is 7.34. The van der Waals surface area contributed by atoms with E-state index in [0.29, 0.717) is 0 Å². The molecule has 2 atom stereocenters. The fourth-order valence-corrected chi connectivity index (χ4v) is 1.70. The second-order valence-electron chi connectivity index (χ2n) is 3.44. The van der Waals surface area contributed by atoms with Gasteiger partial charge in [-0.15, -0.1) is 0 Å². The van der Waals surface area contributed by atoms with Gasteiger partial charge in [-0.25, -0.2) is 9.59 Å². The first-order chi connectivity index (χ1) is 7.43. The zero-order chi connectivity index (χ0) is 12.7. The molecule has 7 heteroatoms. The summed E-state index contributed by atoms with van der Waals surface area (Å²) < 4.78 is 0. The van der Waals surface area contributed by atoms with Gasteiger partial charge < -0.3 is 20.4 Å². The summed E-state index contributed by atoms with van der Waals surface area (Å²) in [6.07, 6.45) is 1.93. The molecule has 0 aliphatic rings. The van der Waals surface area contributed by atoms with Gasteiger partial charge in [0.2, 0.25) is 0 Å². The first kappa shape index (κ1) is 15.0. The molecule has 2 amide bonds. The van der Waals surface area contributed by atoms with Crippen molar-refractivity contribution in [2.24, 2.45) is 0 Å². The lowest BCUT2D eigenvalue weighted by Crippen LogP contribution is -2.51. The van der Waals surface area contributed by atoms with E-state index < -0.39 is 24.6 Å². The Morgan fingerprint density at radius 2 is 2.06 bits per heavy atom. The number of hydrogen-bond donors (Lipinski definition) is 3. The SMILES string of the molecule is CSCC(C)N(C)C(=O)NC(CO)C(=O)O. The van der Waals surface area contributed by atoms with Crippen LogP contribution in [0.25, 0.3) is 0 Å². The van der Waals surface area contributed by atoms with E-state index in [1.54, 1.807) is 18.8 Å². The Morgan fingerprint density at radius 3 is 2.44 bits per heavy atom. The van der Waals surface area contributed by atoms with Crippen LogP contribution < -0.4 is 5.32 Å². The van der Waals surface area contributed by atoms with Crippen molar-refractivity contribution < 1.29 is 19.8 Å². The molecule has 2 unspecified atom stereocenters. The van der Waals surface area contributed by atoms with Crippen LogP contribution in [0.3, 0.4) is 0 Å². The van der Waals surface area contributed by atoms with E-state index in [1.807, 2.05) is 13.2 Å². The summed E-state index contributed by atoms with van der Waals surface area (Å²) in [5.74, 6) is -0.484. The predicted molar refractivity (Wildman–Crippen MR) is 62.6 cm³/mol. The van der Waals surface area contributed by atoms with Gasteiger partial charge >= 0.3 is 12.0 Å². The molecule has 0 aliphatic carbocycles. The van der Waals surface area contributed by atoms with Crippen LogP contribution in [-0.2, 0) is 4.79 Å². The van der Waals surface area contributed by atoms with Crippen molar-refractivity contribution in [1.82, 2.24) is 10.2 Å². The molecule has 94 valence electrons. The molecule has 6 nitrogen and oxygen atoms in total. The number of carboxylic acids is 1. The normalized spacial score (nSPS) is 14.0. The highest BCUT2D eigenvalue weighted by atomic mass is 32.2. The maximum absolute atomic E-state index is 11.6. The van der Waals surface area contributed by atoms with Crippen molar-refractivity contribution >= 4 is 23.8 Å². The minimum absolute atomic E-state index is 0.00291. The summed E-state index contributed by atoms with van der Waals surface area (Å²) in [5, 5.41) is 19.6. The average molecular weight is 250 g/mol. The van der Waals surface area contributed by atoms with E-state index in [2.05, 4.69) is 5.32 Å². The third kappa shape index (κ3) is 4.71. The molecule has 0 saturated heterocycles. The summed E-state index contributed by atoms with van der Waals surface area (Å²) in [7, 11) is 1.59. The molecule has 16 heavy (non-hydrogen) atoms. The van der Waals surface area contributed by atoms with E-state index in [0.717, 1.165) is 5.75 Å². The number of carbonyl (C=O) groups is 2. The van der Waals surface area contributed by atoms with Crippen molar-refractivity contribution in [3.63, 3.8) is 0 Å². The van der Waals surface area contributed by atoms with Gasteiger partial charge in [0.05, 0.1) is 6.61 Å². The molecular formula is C9H18N2O4S. The molecule has 0 aromatic rings. The highest BCUT2D eigenvalue weighted by Gasteiger charge is 2.22. The number of rotatable bonds is 6. The van der Waals surface area contributed by atoms with Gasteiger partial charge in [0.15, 0.2) is 6.04 Å². The number of amides is 2. The van der Waals surface area contributed by atoms with E-state index >= 15 is 0 Å². The Hall–Kier alpha value is -0.950. The van der Waals surface area contributed by atoms with E-state index in [-0.39, 0.29) is 6.04 Å². The Bertz CT molecular complexity index is 250. The molecule has 0 heterocycles. The summed E-state index contributed by atoms with van der Waals surface area (Å²) >= 11 is 1.60. The van der Waals surface area contributed by atoms with Gasteiger partial charge in [-0.05, 0) is 13.2 Å². The van der Waals surface area contributed by atoms with Crippen LogP contribution in [0, 0.1) is 0 Å². The largest absolute Gasteiger partial charge is 0.480 e. The number of aliphatic hydroxyl groups excluding tert-OH is 1. The first-order valence-corrected chi connectivity index (χ1v) is 6.19. The van der Waals surface area contributed by atoms with Crippen LogP contribution >= 0.6 is 11.8 Å². The second-order valence-corrected chi connectivity index (χ2v) is 4.35. The first-order valence-electron chi connectivity index (χ1n) is 4.80. The molecule has 0 aromatic carbocycles. The topological polar surface area (TPSA) is 89.9 Å². The highest BCUT2D eigenvalue weighted by Crippen LogP contribution is 2.03. The van der Waals surface area contributed by atoms with E-state index in [9.17, 15) is 9.59 Å². The molecule has 0 fully saturated rings. The van der Waals surface area contributed by atoms with Crippen molar-refractivity contribution in [1.29, 1.82) is 0 Å². The number of thioether (sulfide) groups is 1. The molecule has 0 aromatic heterocycles. The summed E-state index contributed by atoms with van der Waals surface area (Å²) in [4.78, 5) is 23.6. The van der Waals surface area contributed by atoms with Gasteiger partial charge in [-0.2, -0.15) is 11.8 Å². The van der Waals surface area contributed by atoms with Gasteiger partial charge in [-0.1, -0.05) is 0 Å². The molecule has 3 N–H and O–H groups in total. The predicted octanol–water partition coefficient (Wildman–Crippen LogP) is -0.175. The average Bonchev–Trinajstić information content (AvgIpc) is 2.24. The van der Waals surface area contributed by atoms with Crippen LogP contribution in [0.1, 0.15) is 6.92 Å². The Morgan fingerprint density at radius 1 is 1.50 bits per heavy atom. The van der Waals surface area contributed by atoms with Crippen LogP contribution in [0.2, 0.25) is 0 Å². The lowest BCUT2D eigenvalue weighted by Gasteiger charge is -2.25. The summed E-state index contributed by atoms with van der Waals surface area (Å²) in [6, 6.07) is -1.75. The number of carbonyl (C=O) groups excluding carboxylic acids is 1. The molecule has 0 saturated carbocycles. The molecule has 0 bridgehead atoms. The minimum Gasteiger partial charge on any atom is -0.480 e. The molecular weight excluding hydrogens is 232 g/mol. The number of carboxylic acid groups (broad SMARTS) is 1. The summed E-state index contributed by atoms with van der Waals surface area (Å²) in [6.45, 7) is 1.25. The number of aliphatic carboxylic acids is 1. The van der Waals surface area contributed by atoms with Gasteiger partial charge in [0.1, 0.15) is 0 Å². The zero-order valence-corrected chi connectivity index (χ0v) is 10.5. The Kier molecular flexibility index (Phi) is 6.91. The quantitative estimate of drug-likeness (QED) is 0.608. The number of aliphatic hydroxyl groups is 1. The van der Waals surface area contributed by atoms with Crippen molar-refractivity contribution in [3.8, 4) is 0 Å².